The Morgan fingerprint density at radius 2 is 1.71 bits per heavy atom. The van der Waals surface area contributed by atoms with Crippen LogP contribution in [-0.2, 0) is 0 Å². The summed E-state index contributed by atoms with van der Waals surface area (Å²) in [7, 11) is 0. The highest BCUT2D eigenvalue weighted by Crippen LogP contribution is 2.41. The minimum Gasteiger partial charge on any atom is -0.306 e. The van der Waals surface area contributed by atoms with Gasteiger partial charge < -0.3 is 5.32 Å². The second-order valence-corrected chi connectivity index (χ2v) is 6.62. The van der Waals surface area contributed by atoms with E-state index in [1.165, 1.54) is 40.4 Å². The summed E-state index contributed by atoms with van der Waals surface area (Å²) in [6.45, 7) is 3.14. The predicted molar refractivity (Wildman–Crippen MR) is 92.7 cm³/mol. The molecular weight excluding hydrogens is 322 g/mol. The number of nitrogens with one attached hydrogen (secondary N) is 1. The van der Waals surface area contributed by atoms with Crippen LogP contribution >= 0.6 is 15.9 Å². The fraction of sp³-hybridized carbons (Fsp3) is 0.368. The Hall–Kier alpha value is -1.12. The van der Waals surface area contributed by atoms with Crippen LogP contribution in [0.1, 0.15) is 54.8 Å². The maximum atomic E-state index is 3.72. The molecule has 3 rings (SSSR count). The lowest BCUT2D eigenvalue weighted by molar-refractivity contribution is 0.414. The molecule has 1 saturated carbocycles. The average Bonchev–Trinajstić information content (AvgIpc) is 2.45. The maximum Gasteiger partial charge on any atom is 0.0590 e. The molecule has 1 N–H and O–H groups in total. The summed E-state index contributed by atoms with van der Waals surface area (Å²) in [5, 5.41) is 3.67. The van der Waals surface area contributed by atoms with Crippen LogP contribution in [0.5, 0.6) is 0 Å². The van der Waals surface area contributed by atoms with Crippen LogP contribution in [0.15, 0.2) is 53.0 Å². The molecule has 2 heteroatoms. The van der Waals surface area contributed by atoms with Crippen molar-refractivity contribution in [2.45, 2.75) is 38.1 Å². The van der Waals surface area contributed by atoms with Crippen molar-refractivity contribution in [1.29, 1.82) is 0 Å². The molecule has 0 saturated heterocycles. The Labute approximate surface area is 135 Å². The predicted octanol–water partition coefficient (Wildman–Crippen LogP) is 5.42. The average molecular weight is 344 g/mol. The number of hydrogen-bond acceptors (Lipinski definition) is 1. The van der Waals surface area contributed by atoms with Crippen LogP contribution in [0.25, 0.3) is 0 Å². The van der Waals surface area contributed by atoms with Crippen molar-refractivity contribution in [2.75, 3.05) is 6.54 Å². The standard InChI is InChI=1S/C19H22BrN/c1-2-21-19(17-12-5-6-13-18(17)20)16-11-4-3-10-15(16)14-8-7-9-14/h3-6,10-14,19,21H,2,7-9H2,1H3. The first kappa shape index (κ1) is 14.8. The molecule has 1 nitrogen and oxygen atoms in total. The molecule has 0 radical (unpaired) electrons. The summed E-state index contributed by atoms with van der Waals surface area (Å²) >= 11 is 3.72. The molecule has 1 atom stereocenters. The molecule has 2 aromatic carbocycles. The van der Waals surface area contributed by atoms with E-state index in [4.69, 9.17) is 0 Å². The summed E-state index contributed by atoms with van der Waals surface area (Å²) in [4.78, 5) is 0. The van der Waals surface area contributed by atoms with Gasteiger partial charge in [0.15, 0.2) is 0 Å². The SMILES string of the molecule is CCNC(c1ccccc1Br)c1ccccc1C1CCC1. The van der Waals surface area contributed by atoms with Crippen LogP contribution in [0.2, 0.25) is 0 Å². The van der Waals surface area contributed by atoms with Crippen molar-refractivity contribution in [3.63, 3.8) is 0 Å². The summed E-state index contributed by atoms with van der Waals surface area (Å²) in [5.41, 5.74) is 4.30. The van der Waals surface area contributed by atoms with E-state index in [1.807, 2.05) is 0 Å². The van der Waals surface area contributed by atoms with E-state index in [-0.39, 0.29) is 6.04 Å². The normalized spacial score (nSPS) is 16.5. The number of rotatable bonds is 5. The third kappa shape index (κ3) is 3.07. The first-order valence-corrected chi connectivity index (χ1v) is 8.67. The van der Waals surface area contributed by atoms with E-state index < -0.39 is 0 Å². The van der Waals surface area contributed by atoms with E-state index in [1.54, 1.807) is 0 Å². The smallest absolute Gasteiger partial charge is 0.0590 e. The van der Waals surface area contributed by atoms with Crippen LogP contribution < -0.4 is 5.32 Å². The highest BCUT2D eigenvalue weighted by atomic mass is 79.9. The molecule has 1 unspecified atom stereocenters. The van der Waals surface area contributed by atoms with Crippen molar-refractivity contribution in [3.8, 4) is 0 Å². The van der Waals surface area contributed by atoms with Crippen molar-refractivity contribution in [2.24, 2.45) is 0 Å². The van der Waals surface area contributed by atoms with Crippen molar-refractivity contribution in [3.05, 3.63) is 69.7 Å². The molecule has 0 spiro atoms. The van der Waals surface area contributed by atoms with E-state index >= 15 is 0 Å². The highest BCUT2D eigenvalue weighted by Gasteiger charge is 2.25. The first-order valence-electron chi connectivity index (χ1n) is 7.88. The Morgan fingerprint density at radius 1 is 1.05 bits per heavy atom. The van der Waals surface area contributed by atoms with Crippen LogP contribution in [-0.4, -0.2) is 6.54 Å². The van der Waals surface area contributed by atoms with Crippen LogP contribution in [0.3, 0.4) is 0 Å². The Balaban J connectivity index is 2.03. The fourth-order valence-electron chi connectivity index (χ4n) is 3.17. The molecule has 0 heterocycles. The third-order valence-electron chi connectivity index (χ3n) is 4.48. The van der Waals surface area contributed by atoms with Gasteiger partial charge in [-0.05, 0) is 48.1 Å². The molecular formula is C19H22BrN. The van der Waals surface area contributed by atoms with Gasteiger partial charge in [-0.15, -0.1) is 0 Å². The molecule has 21 heavy (non-hydrogen) atoms. The maximum absolute atomic E-state index is 3.72. The van der Waals surface area contributed by atoms with Crippen molar-refractivity contribution < 1.29 is 0 Å². The van der Waals surface area contributed by atoms with Gasteiger partial charge in [0.1, 0.15) is 0 Å². The number of benzene rings is 2. The van der Waals surface area contributed by atoms with E-state index in [0.29, 0.717) is 0 Å². The van der Waals surface area contributed by atoms with Gasteiger partial charge in [0, 0.05) is 4.47 Å². The molecule has 0 aliphatic heterocycles. The topological polar surface area (TPSA) is 12.0 Å². The van der Waals surface area contributed by atoms with Gasteiger partial charge in [-0.25, -0.2) is 0 Å². The quantitative estimate of drug-likeness (QED) is 0.764. The van der Waals surface area contributed by atoms with Gasteiger partial charge >= 0.3 is 0 Å². The third-order valence-corrected chi connectivity index (χ3v) is 5.20. The zero-order chi connectivity index (χ0) is 14.7. The van der Waals surface area contributed by atoms with Gasteiger partial charge in [-0.3, -0.25) is 0 Å². The van der Waals surface area contributed by atoms with Crippen molar-refractivity contribution in [1.82, 2.24) is 5.32 Å². The minimum absolute atomic E-state index is 0.266. The molecule has 1 fully saturated rings. The summed E-state index contributed by atoms with van der Waals surface area (Å²) < 4.78 is 1.18. The molecule has 110 valence electrons. The van der Waals surface area contributed by atoms with Gasteiger partial charge in [0.25, 0.3) is 0 Å². The molecule has 2 aromatic rings. The molecule has 1 aliphatic rings. The minimum atomic E-state index is 0.266. The highest BCUT2D eigenvalue weighted by molar-refractivity contribution is 9.10. The molecule has 1 aliphatic carbocycles. The van der Waals surface area contributed by atoms with Gasteiger partial charge in [-0.2, -0.15) is 0 Å². The molecule has 0 bridgehead atoms. The summed E-state index contributed by atoms with van der Waals surface area (Å²) in [6, 6.07) is 17.8. The molecule has 0 aromatic heterocycles. The monoisotopic (exact) mass is 343 g/mol. The Kier molecular flexibility index (Phi) is 4.77. The van der Waals surface area contributed by atoms with E-state index in [2.05, 4.69) is 76.7 Å². The van der Waals surface area contributed by atoms with Crippen LogP contribution in [0.4, 0.5) is 0 Å². The second kappa shape index (κ2) is 6.76. The van der Waals surface area contributed by atoms with Gasteiger partial charge in [0.2, 0.25) is 0 Å². The zero-order valence-electron chi connectivity index (χ0n) is 12.5. The summed E-state index contributed by atoms with van der Waals surface area (Å²) in [5.74, 6) is 0.754. The number of hydrogen-bond donors (Lipinski definition) is 1. The fourth-order valence-corrected chi connectivity index (χ4v) is 3.68. The lowest BCUT2D eigenvalue weighted by Crippen LogP contribution is -2.25. The Bertz CT molecular complexity index is 604. The number of halogens is 1. The second-order valence-electron chi connectivity index (χ2n) is 5.77. The first-order chi connectivity index (χ1) is 10.3. The largest absolute Gasteiger partial charge is 0.306 e. The zero-order valence-corrected chi connectivity index (χ0v) is 14.1. The van der Waals surface area contributed by atoms with Gasteiger partial charge in [-0.1, -0.05) is 71.7 Å². The molecule has 0 amide bonds. The van der Waals surface area contributed by atoms with E-state index in [9.17, 15) is 0 Å². The lowest BCUT2D eigenvalue weighted by Gasteiger charge is -2.31. The van der Waals surface area contributed by atoms with Gasteiger partial charge in [0.05, 0.1) is 6.04 Å². The summed E-state index contributed by atoms with van der Waals surface area (Å²) in [6.07, 6.45) is 4.05. The van der Waals surface area contributed by atoms with E-state index in [0.717, 1.165) is 12.5 Å². The van der Waals surface area contributed by atoms with Crippen LogP contribution in [0, 0.1) is 0 Å². The lowest BCUT2D eigenvalue weighted by atomic mass is 9.76. The Morgan fingerprint density at radius 3 is 2.33 bits per heavy atom. The van der Waals surface area contributed by atoms with Crippen molar-refractivity contribution >= 4 is 15.9 Å².